The zero-order valence-corrected chi connectivity index (χ0v) is 15.4. The fraction of sp³-hybridized carbons (Fsp3) is 0.130. The second kappa shape index (κ2) is 7.56. The van der Waals surface area contributed by atoms with E-state index >= 15 is 0 Å². The smallest absolute Gasteiger partial charge is 0.290 e. The van der Waals surface area contributed by atoms with Gasteiger partial charge in [-0.25, -0.2) is 0 Å². The van der Waals surface area contributed by atoms with Gasteiger partial charge in [-0.1, -0.05) is 42.5 Å². The average Bonchev–Trinajstić information content (AvgIpc) is 3.00. The van der Waals surface area contributed by atoms with Crippen LogP contribution in [0.1, 0.15) is 22.7 Å². The summed E-state index contributed by atoms with van der Waals surface area (Å²) in [7, 11) is 1.61. The lowest BCUT2D eigenvalue weighted by atomic mass is 9.93. The number of carbonyl (C=O) groups excluding carboxylic acids is 1. The summed E-state index contributed by atoms with van der Waals surface area (Å²) in [4.78, 5) is 18.7. The molecule has 0 saturated heterocycles. The highest BCUT2D eigenvalue weighted by molar-refractivity contribution is 6.05. The minimum absolute atomic E-state index is 0.215. The van der Waals surface area contributed by atoms with E-state index in [0.29, 0.717) is 12.1 Å². The summed E-state index contributed by atoms with van der Waals surface area (Å²) >= 11 is 0. The van der Waals surface area contributed by atoms with Crippen LogP contribution in [0.25, 0.3) is 5.57 Å². The normalized spacial score (nSPS) is 16.5. The molecule has 5 heteroatoms. The quantitative estimate of drug-likeness (QED) is 0.731. The second-order valence-corrected chi connectivity index (χ2v) is 6.59. The summed E-state index contributed by atoms with van der Waals surface area (Å²) < 4.78 is 5.23. The molecule has 28 heavy (non-hydrogen) atoms. The first-order valence-electron chi connectivity index (χ1n) is 9.01. The van der Waals surface area contributed by atoms with Crippen molar-refractivity contribution in [3.8, 4) is 5.75 Å². The number of rotatable bonds is 5. The number of aliphatic hydroxyl groups is 1. The van der Waals surface area contributed by atoms with E-state index in [2.05, 4.69) is 4.98 Å². The first-order valence-corrected chi connectivity index (χ1v) is 9.01. The van der Waals surface area contributed by atoms with Gasteiger partial charge in [0.05, 0.1) is 13.2 Å². The third-order valence-electron chi connectivity index (χ3n) is 4.92. The highest BCUT2D eigenvalue weighted by Crippen LogP contribution is 2.43. The van der Waals surface area contributed by atoms with Crippen molar-refractivity contribution in [1.29, 1.82) is 0 Å². The van der Waals surface area contributed by atoms with E-state index in [0.717, 1.165) is 22.4 Å². The predicted molar refractivity (Wildman–Crippen MR) is 107 cm³/mol. The SMILES string of the molecule is COc1ccc(C2=C(O)C(=O)N(Cc3ccncc3)[C@H]2c2ccccc2)cc1. The summed E-state index contributed by atoms with van der Waals surface area (Å²) in [5.74, 6) is 0.127. The fourth-order valence-electron chi connectivity index (χ4n) is 3.55. The molecule has 1 aliphatic heterocycles. The van der Waals surface area contributed by atoms with E-state index < -0.39 is 0 Å². The molecule has 140 valence electrons. The Kier molecular flexibility index (Phi) is 4.81. The lowest BCUT2D eigenvalue weighted by Crippen LogP contribution is -2.29. The molecule has 0 aliphatic carbocycles. The van der Waals surface area contributed by atoms with Crippen LogP contribution in [-0.4, -0.2) is 28.0 Å². The first-order chi connectivity index (χ1) is 13.7. The van der Waals surface area contributed by atoms with Crippen LogP contribution in [-0.2, 0) is 11.3 Å². The molecule has 1 atom stereocenters. The molecule has 2 heterocycles. The molecule has 3 aromatic rings. The van der Waals surface area contributed by atoms with Crippen molar-refractivity contribution in [2.24, 2.45) is 0 Å². The maximum absolute atomic E-state index is 13.0. The zero-order valence-electron chi connectivity index (χ0n) is 15.4. The van der Waals surface area contributed by atoms with Crippen LogP contribution in [0, 0.1) is 0 Å². The number of carbonyl (C=O) groups is 1. The predicted octanol–water partition coefficient (Wildman–Crippen LogP) is 4.14. The van der Waals surface area contributed by atoms with Crippen molar-refractivity contribution in [3.63, 3.8) is 0 Å². The average molecular weight is 372 g/mol. The maximum atomic E-state index is 13.0. The molecule has 0 unspecified atom stereocenters. The van der Waals surface area contributed by atoms with E-state index in [1.165, 1.54) is 0 Å². The first kappa shape index (κ1) is 17.8. The summed E-state index contributed by atoms with van der Waals surface area (Å²) in [6, 6.07) is 20.5. The number of hydrogen-bond acceptors (Lipinski definition) is 4. The van der Waals surface area contributed by atoms with Gasteiger partial charge in [0.1, 0.15) is 5.75 Å². The monoisotopic (exact) mass is 372 g/mol. The molecule has 1 N–H and O–H groups in total. The van der Waals surface area contributed by atoms with E-state index in [9.17, 15) is 9.90 Å². The maximum Gasteiger partial charge on any atom is 0.290 e. The molecule has 0 fully saturated rings. The molecule has 0 spiro atoms. The molecular weight excluding hydrogens is 352 g/mol. The van der Waals surface area contributed by atoms with Crippen LogP contribution >= 0.6 is 0 Å². The molecule has 1 aliphatic rings. The second-order valence-electron chi connectivity index (χ2n) is 6.59. The van der Waals surface area contributed by atoms with Crippen molar-refractivity contribution >= 4 is 11.5 Å². The van der Waals surface area contributed by atoms with Crippen LogP contribution in [0.3, 0.4) is 0 Å². The number of aliphatic hydroxyl groups excluding tert-OH is 1. The zero-order chi connectivity index (χ0) is 19.5. The summed E-state index contributed by atoms with van der Waals surface area (Å²) in [6.45, 7) is 0.380. The van der Waals surface area contributed by atoms with Gasteiger partial charge >= 0.3 is 0 Å². The third-order valence-corrected chi connectivity index (χ3v) is 4.92. The van der Waals surface area contributed by atoms with Crippen molar-refractivity contribution in [1.82, 2.24) is 9.88 Å². The Labute approximate surface area is 163 Å². The number of pyridine rings is 1. The van der Waals surface area contributed by atoms with Gasteiger partial charge in [-0.3, -0.25) is 9.78 Å². The standard InChI is InChI=1S/C23H20N2O3/c1-28-19-9-7-17(8-10-19)20-21(18-5-3-2-4-6-18)25(23(27)22(20)26)15-16-11-13-24-14-12-16/h2-14,21,26H,15H2,1H3/t21-/m0/s1. The molecule has 0 saturated carbocycles. The van der Waals surface area contributed by atoms with Gasteiger partial charge < -0.3 is 14.7 Å². The number of amides is 1. The molecule has 0 bridgehead atoms. The summed E-state index contributed by atoms with van der Waals surface area (Å²) in [5.41, 5.74) is 3.29. The molecule has 0 radical (unpaired) electrons. The number of methoxy groups -OCH3 is 1. The van der Waals surface area contributed by atoms with Crippen LogP contribution < -0.4 is 4.74 Å². The van der Waals surface area contributed by atoms with Crippen molar-refractivity contribution in [2.45, 2.75) is 12.6 Å². The van der Waals surface area contributed by atoms with Crippen LogP contribution in [0.15, 0.2) is 84.9 Å². The number of hydrogen-bond donors (Lipinski definition) is 1. The van der Waals surface area contributed by atoms with Crippen molar-refractivity contribution in [2.75, 3.05) is 7.11 Å². The Hall–Kier alpha value is -3.60. The highest BCUT2D eigenvalue weighted by Gasteiger charge is 2.40. The third kappa shape index (κ3) is 3.22. The van der Waals surface area contributed by atoms with Crippen molar-refractivity contribution in [3.05, 3.63) is 102 Å². The van der Waals surface area contributed by atoms with E-state index in [-0.39, 0.29) is 17.7 Å². The minimum atomic E-state index is -0.379. The number of nitrogens with zero attached hydrogens (tertiary/aromatic N) is 2. The van der Waals surface area contributed by atoms with Crippen LogP contribution in [0.5, 0.6) is 5.75 Å². The van der Waals surface area contributed by atoms with Gasteiger partial charge in [-0.15, -0.1) is 0 Å². The summed E-state index contributed by atoms with van der Waals surface area (Å²) in [6.07, 6.45) is 3.40. The Morgan fingerprint density at radius 1 is 1.00 bits per heavy atom. The number of aromatic nitrogens is 1. The Bertz CT molecular complexity index is 999. The van der Waals surface area contributed by atoms with E-state index in [4.69, 9.17) is 4.74 Å². The fourth-order valence-corrected chi connectivity index (χ4v) is 3.55. The molecule has 2 aromatic carbocycles. The van der Waals surface area contributed by atoms with Crippen molar-refractivity contribution < 1.29 is 14.6 Å². The van der Waals surface area contributed by atoms with Gasteiger partial charge in [-0.05, 0) is 41.0 Å². The van der Waals surface area contributed by atoms with Gasteiger partial charge in [-0.2, -0.15) is 0 Å². The van der Waals surface area contributed by atoms with E-state index in [1.807, 2.05) is 66.7 Å². The van der Waals surface area contributed by atoms with E-state index in [1.54, 1.807) is 24.4 Å². The largest absolute Gasteiger partial charge is 0.503 e. The topological polar surface area (TPSA) is 62.7 Å². The number of benzene rings is 2. The van der Waals surface area contributed by atoms with Gasteiger partial charge in [0.2, 0.25) is 0 Å². The minimum Gasteiger partial charge on any atom is -0.503 e. The lowest BCUT2D eigenvalue weighted by molar-refractivity contribution is -0.130. The van der Waals surface area contributed by atoms with Gasteiger partial charge in [0.25, 0.3) is 5.91 Å². The van der Waals surface area contributed by atoms with Crippen LogP contribution in [0.2, 0.25) is 0 Å². The summed E-state index contributed by atoms with van der Waals surface area (Å²) in [5, 5.41) is 10.8. The molecule has 4 rings (SSSR count). The number of ether oxygens (including phenoxy) is 1. The Balaban J connectivity index is 1.79. The van der Waals surface area contributed by atoms with Crippen LogP contribution in [0.4, 0.5) is 0 Å². The molecule has 1 amide bonds. The lowest BCUT2D eigenvalue weighted by Gasteiger charge is -2.27. The highest BCUT2D eigenvalue weighted by atomic mass is 16.5. The Morgan fingerprint density at radius 2 is 1.68 bits per heavy atom. The van der Waals surface area contributed by atoms with Gasteiger partial charge in [0.15, 0.2) is 5.76 Å². The molecule has 1 aromatic heterocycles. The molecule has 5 nitrogen and oxygen atoms in total. The Morgan fingerprint density at radius 3 is 2.32 bits per heavy atom. The van der Waals surface area contributed by atoms with Gasteiger partial charge in [0, 0.05) is 24.5 Å². The molecular formula is C23H20N2O3.